The van der Waals surface area contributed by atoms with E-state index in [1.165, 1.54) is 19.1 Å². The van der Waals surface area contributed by atoms with Crippen LogP contribution in [-0.4, -0.2) is 74.4 Å². The highest BCUT2D eigenvalue weighted by Crippen LogP contribution is 2.12. The number of nitrogens with zero attached hydrogens (tertiary/aromatic N) is 3. The zero-order chi connectivity index (χ0) is 27.6. The summed E-state index contributed by atoms with van der Waals surface area (Å²) in [6.45, 7) is 2.93. The number of nitrogens with one attached hydrogen (secondary N) is 3. The first-order valence-electron chi connectivity index (χ1n) is 12.2. The SMILES string of the molecule is CC(=O)N[C@H](Cc1ccccc1)C(=O)N[C@@H](Cc1ccc(O)cc1)C(=O)NCCOCCOCCN=[N+]=[N-]. The predicted molar refractivity (Wildman–Crippen MR) is 140 cm³/mol. The number of carbonyl (C=O) groups is 3. The van der Waals surface area contributed by atoms with Gasteiger partial charge >= 0.3 is 0 Å². The largest absolute Gasteiger partial charge is 0.508 e. The van der Waals surface area contributed by atoms with Crippen molar-refractivity contribution in [1.82, 2.24) is 16.0 Å². The van der Waals surface area contributed by atoms with Crippen molar-refractivity contribution in [3.8, 4) is 5.75 Å². The summed E-state index contributed by atoms with van der Waals surface area (Å²) in [4.78, 5) is 40.6. The second-order valence-corrected chi connectivity index (χ2v) is 8.34. The van der Waals surface area contributed by atoms with Crippen molar-refractivity contribution in [3.63, 3.8) is 0 Å². The third kappa shape index (κ3) is 12.2. The minimum Gasteiger partial charge on any atom is -0.508 e. The molecule has 0 fully saturated rings. The van der Waals surface area contributed by atoms with E-state index in [-0.39, 0.29) is 44.2 Å². The Hall–Kier alpha value is -4.12. The molecule has 2 aromatic rings. The van der Waals surface area contributed by atoms with Crippen LogP contribution in [0.1, 0.15) is 18.1 Å². The number of carbonyl (C=O) groups excluding carboxylic acids is 3. The van der Waals surface area contributed by atoms with Gasteiger partial charge in [0.25, 0.3) is 0 Å². The normalized spacial score (nSPS) is 12.0. The van der Waals surface area contributed by atoms with Gasteiger partial charge in [0.15, 0.2) is 0 Å². The molecule has 0 saturated carbocycles. The van der Waals surface area contributed by atoms with Crippen LogP contribution in [0.25, 0.3) is 10.4 Å². The Morgan fingerprint density at radius 3 is 2.11 bits per heavy atom. The zero-order valence-corrected chi connectivity index (χ0v) is 21.3. The fraction of sp³-hybridized carbons (Fsp3) is 0.423. The molecule has 204 valence electrons. The molecule has 4 N–H and O–H groups in total. The molecule has 2 aromatic carbocycles. The second-order valence-electron chi connectivity index (χ2n) is 8.34. The van der Waals surface area contributed by atoms with E-state index in [0.717, 1.165) is 11.1 Å². The molecule has 0 aliphatic carbocycles. The fourth-order valence-corrected chi connectivity index (χ4v) is 3.50. The average Bonchev–Trinajstić information content (AvgIpc) is 2.90. The topological polar surface area (TPSA) is 175 Å². The van der Waals surface area contributed by atoms with Gasteiger partial charge in [0.05, 0.1) is 26.4 Å². The molecule has 2 atom stereocenters. The molecule has 0 aliphatic heterocycles. The van der Waals surface area contributed by atoms with E-state index < -0.39 is 23.9 Å². The maximum atomic E-state index is 13.2. The van der Waals surface area contributed by atoms with Gasteiger partial charge in [-0.2, -0.15) is 0 Å². The van der Waals surface area contributed by atoms with E-state index in [2.05, 4.69) is 26.0 Å². The molecule has 12 nitrogen and oxygen atoms in total. The van der Waals surface area contributed by atoms with E-state index in [1.807, 2.05) is 30.3 Å². The summed E-state index contributed by atoms with van der Waals surface area (Å²) in [6, 6.07) is 13.8. The highest BCUT2D eigenvalue weighted by molar-refractivity contribution is 5.92. The lowest BCUT2D eigenvalue weighted by Crippen LogP contribution is -2.55. The molecule has 0 saturated heterocycles. The lowest BCUT2D eigenvalue weighted by atomic mass is 10.0. The number of hydrogen-bond donors (Lipinski definition) is 4. The summed E-state index contributed by atoms with van der Waals surface area (Å²) in [7, 11) is 0. The van der Waals surface area contributed by atoms with Crippen LogP contribution in [0.4, 0.5) is 0 Å². The number of benzene rings is 2. The van der Waals surface area contributed by atoms with Crippen LogP contribution in [0.3, 0.4) is 0 Å². The first-order chi connectivity index (χ1) is 18.4. The van der Waals surface area contributed by atoms with Crippen LogP contribution in [-0.2, 0) is 36.7 Å². The van der Waals surface area contributed by atoms with Crippen LogP contribution in [0.2, 0.25) is 0 Å². The molecule has 0 bridgehead atoms. The molecule has 0 aliphatic rings. The number of amides is 3. The van der Waals surface area contributed by atoms with Crippen molar-refractivity contribution in [2.24, 2.45) is 5.11 Å². The van der Waals surface area contributed by atoms with E-state index in [1.54, 1.807) is 12.1 Å². The van der Waals surface area contributed by atoms with Crippen LogP contribution in [0.15, 0.2) is 59.7 Å². The smallest absolute Gasteiger partial charge is 0.243 e. The van der Waals surface area contributed by atoms with E-state index in [4.69, 9.17) is 15.0 Å². The number of ether oxygens (including phenoxy) is 2. The Morgan fingerprint density at radius 1 is 0.868 bits per heavy atom. The summed E-state index contributed by atoms with van der Waals surface area (Å²) >= 11 is 0. The number of azide groups is 1. The van der Waals surface area contributed by atoms with E-state index in [9.17, 15) is 19.5 Å². The molecule has 0 aromatic heterocycles. The molecular weight excluding hydrogens is 492 g/mol. The van der Waals surface area contributed by atoms with Gasteiger partial charge in [-0.05, 0) is 28.8 Å². The molecule has 38 heavy (non-hydrogen) atoms. The minimum absolute atomic E-state index is 0.0892. The number of hydrogen-bond acceptors (Lipinski definition) is 7. The Morgan fingerprint density at radius 2 is 1.47 bits per heavy atom. The van der Waals surface area contributed by atoms with Gasteiger partial charge < -0.3 is 30.5 Å². The number of rotatable bonds is 17. The zero-order valence-electron chi connectivity index (χ0n) is 21.3. The van der Waals surface area contributed by atoms with Gasteiger partial charge in [-0.25, -0.2) is 0 Å². The molecular formula is C26H34N6O6. The Kier molecular flexibility index (Phi) is 13.8. The first kappa shape index (κ1) is 30.1. The third-order valence-corrected chi connectivity index (χ3v) is 5.30. The van der Waals surface area contributed by atoms with Crippen molar-refractivity contribution >= 4 is 17.7 Å². The van der Waals surface area contributed by atoms with Crippen LogP contribution in [0.5, 0.6) is 5.75 Å². The highest BCUT2D eigenvalue weighted by Gasteiger charge is 2.26. The lowest BCUT2D eigenvalue weighted by Gasteiger charge is -2.23. The average molecular weight is 527 g/mol. The van der Waals surface area contributed by atoms with Crippen molar-refractivity contribution in [1.29, 1.82) is 0 Å². The summed E-state index contributed by atoms with van der Waals surface area (Å²) in [5, 5.41) is 21.1. The van der Waals surface area contributed by atoms with Crippen molar-refractivity contribution in [3.05, 3.63) is 76.2 Å². The fourth-order valence-electron chi connectivity index (χ4n) is 3.50. The summed E-state index contributed by atoms with van der Waals surface area (Å²) < 4.78 is 10.7. The summed E-state index contributed by atoms with van der Waals surface area (Å²) in [5.41, 5.74) is 9.80. The third-order valence-electron chi connectivity index (χ3n) is 5.30. The van der Waals surface area contributed by atoms with Gasteiger partial charge in [0, 0.05) is 37.8 Å². The standard InChI is InChI=1S/C26H34N6O6/c1-19(33)30-24(17-20-5-3-2-4-6-20)26(36)31-23(18-21-7-9-22(34)10-8-21)25(35)28-11-13-37-15-16-38-14-12-29-32-27/h2-10,23-24,34H,11-18H2,1H3,(H,28,35)(H,30,33)(H,31,36)/t23-,24+/m0/s1. The monoisotopic (exact) mass is 526 g/mol. The molecule has 0 unspecified atom stereocenters. The number of phenols is 1. The Labute approximate surface area is 221 Å². The van der Waals surface area contributed by atoms with E-state index in [0.29, 0.717) is 19.8 Å². The molecule has 0 spiro atoms. The highest BCUT2D eigenvalue weighted by atomic mass is 16.5. The molecule has 0 radical (unpaired) electrons. The second kappa shape index (κ2) is 17.4. The van der Waals surface area contributed by atoms with E-state index >= 15 is 0 Å². The number of phenolic OH excluding ortho intramolecular Hbond substituents is 1. The molecule has 3 amide bonds. The Balaban J connectivity index is 1.96. The molecule has 2 rings (SSSR count). The van der Waals surface area contributed by atoms with Crippen LogP contribution >= 0.6 is 0 Å². The van der Waals surface area contributed by atoms with Crippen LogP contribution < -0.4 is 16.0 Å². The number of aromatic hydroxyl groups is 1. The van der Waals surface area contributed by atoms with Crippen molar-refractivity contribution < 1.29 is 29.0 Å². The lowest BCUT2D eigenvalue weighted by molar-refractivity contribution is -0.131. The van der Waals surface area contributed by atoms with Crippen LogP contribution in [0, 0.1) is 0 Å². The Bertz CT molecular complexity index is 1060. The van der Waals surface area contributed by atoms with Gasteiger partial charge in [0.2, 0.25) is 17.7 Å². The first-order valence-corrected chi connectivity index (χ1v) is 12.2. The summed E-state index contributed by atoms with van der Waals surface area (Å²) in [5.74, 6) is -1.18. The van der Waals surface area contributed by atoms with Gasteiger partial charge in [0.1, 0.15) is 17.8 Å². The van der Waals surface area contributed by atoms with Crippen molar-refractivity contribution in [2.45, 2.75) is 31.8 Å². The van der Waals surface area contributed by atoms with Gasteiger partial charge in [-0.15, -0.1) is 0 Å². The van der Waals surface area contributed by atoms with Crippen molar-refractivity contribution in [2.75, 3.05) is 39.5 Å². The quantitative estimate of drug-likeness (QED) is 0.105. The van der Waals surface area contributed by atoms with Gasteiger partial charge in [-0.3, -0.25) is 14.4 Å². The predicted octanol–water partition coefficient (Wildman–Crippen LogP) is 1.63. The maximum Gasteiger partial charge on any atom is 0.243 e. The maximum absolute atomic E-state index is 13.2. The molecule has 12 heteroatoms. The minimum atomic E-state index is -0.928. The summed E-state index contributed by atoms with van der Waals surface area (Å²) in [6.07, 6.45) is 0.439. The molecule has 0 heterocycles. The van der Waals surface area contributed by atoms with Gasteiger partial charge in [-0.1, -0.05) is 47.6 Å².